The third-order valence-electron chi connectivity index (χ3n) is 2.22. The van der Waals surface area contributed by atoms with E-state index in [1.165, 1.54) is 4.13 Å². The smallest absolute Gasteiger partial charge is 0.480 e. The molecule has 1 aromatic rings. The summed E-state index contributed by atoms with van der Waals surface area (Å²) in [7, 11) is -13.1. The van der Waals surface area contributed by atoms with Gasteiger partial charge in [-0.2, -0.15) is 22.0 Å². The van der Waals surface area contributed by atoms with Crippen molar-refractivity contribution in [3.05, 3.63) is 27.4 Å². The number of hydrogen-bond donors (Lipinski definition) is 0. The maximum Gasteiger partial charge on any atom is 0.480 e. The van der Waals surface area contributed by atoms with Crippen LogP contribution in [0.25, 0.3) is 4.13 Å². The van der Waals surface area contributed by atoms with Gasteiger partial charge < -0.3 is 8.86 Å². The van der Waals surface area contributed by atoms with Crippen molar-refractivity contribution in [3.63, 3.8) is 0 Å². The summed E-state index contributed by atoms with van der Waals surface area (Å²) in [5.41, 5.74) is -6.23. The van der Waals surface area contributed by atoms with Gasteiger partial charge in [0.1, 0.15) is 14.9 Å². The van der Waals surface area contributed by atoms with E-state index in [0.29, 0.717) is 0 Å². The molecule has 0 bridgehead atoms. The maximum absolute atomic E-state index is 13.6. The number of ether oxygens (including phenoxy) is 1. The molecule has 0 amide bonds. The van der Waals surface area contributed by atoms with Gasteiger partial charge in [0, 0.05) is 0 Å². The normalized spacial score (nSPS) is 13.2. The van der Waals surface area contributed by atoms with Gasteiger partial charge >= 0.3 is 5.51 Å². The second kappa shape index (κ2) is 6.36. The Balaban J connectivity index is 3.64. The summed E-state index contributed by atoms with van der Waals surface area (Å²) >= 11 is 0. The second-order valence-electron chi connectivity index (χ2n) is 3.82. The highest BCUT2D eigenvalue weighted by molar-refractivity contribution is 8.12. The van der Waals surface area contributed by atoms with Gasteiger partial charge in [-0.1, -0.05) is 0 Å². The molecule has 138 valence electrons. The Labute approximate surface area is 130 Å². The molecular formula is C9H5F7NO5S2-. The lowest BCUT2D eigenvalue weighted by atomic mass is 10.3. The van der Waals surface area contributed by atoms with E-state index in [0.717, 1.165) is 6.92 Å². The van der Waals surface area contributed by atoms with Gasteiger partial charge in [-0.25, -0.2) is 25.6 Å². The number of hydrogen-bond acceptors (Lipinski definition) is 5. The molecule has 1 aromatic carbocycles. The quantitative estimate of drug-likeness (QED) is 0.556. The van der Waals surface area contributed by atoms with E-state index in [2.05, 4.69) is 4.74 Å². The van der Waals surface area contributed by atoms with Crippen molar-refractivity contribution in [2.45, 2.75) is 17.3 Å². The van der Waals surface area contributed by atoms with Crippen molar-refractivity contribution in [3.8, 4) is 5.75 Å². The highest BCUT2D eigenvalue weighted by Crippen LogP contribution is 2.37. The molecule has 0 spiro atoms. The first-order valence-electron chi connectivity index (χ1n) is 5.46. The number of sulfonamides is 2. The molecule has 0 unspecified atom stereocenters. The lowest BCUT2D eigenvalue weighted by Gasteiger charge is -2.23. The summed E-state index contributed by atoms with van der Waals surface area (Å²) in [6, 6.07) is 0. The number of rotatable bonds is 5. The first-order valence-corrected chi connectivity index (χ1v) is 8.34. The molecule has 0 aliphatic rings. The third-order valence-corrected chi connectivity index (χ3v) is 5.25. The van der Waals surface area contributed by atoms with Crippen molar-refractivity contribution in [2.75, 3.05) is 6.61 Å². The first-order chi connectivity index (χ1) is 10.7. The zero-order valence-electron chi connectivity index (χ0n) is 11.2. The molecule has 0 aliphatic carbocycles. The minimum Gasteiger partial charge on any atom is -0.488 e. The summed E-state index contributed by atoms with van der Waals surface area (Å²) in [5, 5.41) is 0. The van der Waals surface area contributed by atoms with Crippen molar-refractivity contribution < 1.29 is 52.3 Å². The van der Waals surface area contributed by atoms with E-state index in [1.54, 1.807) is 0 Å². The zero-order valence-corrected chi connectivity index (χ0v) is 12.8. The number of nitrogens with zero attached hydrogens (tertiary/aromatic N) is 1. The van der Waals surface area contributed by atoms with Crippen LogP contribution in [0.4, 0.5) is 30.7 Å². The van der Waals surface area contributed by atoms with Gasteiger partial charge in [0.15, 0.2) is 27.4 Å². The molecule has 1 rings (SSSR count). The van der Waals surface area contributed by atoms with Crippen LogP contribution in [0.3, 0.4) is 0 Å². The molecule has 15 heteroatoms. The van der Waals surface area contributed by atoms with E-state index in [9.17, 15) is 47.6 Å². The van der Waals surface area contributed by atoms with Crippen LogP contribution in [-0.2, 0) is 20.0 Å². The average Bonchev–Trinajstić information content (AvgIpc) is 2.39. The van der Waals surface area contributed by atoms with Crippen molar-refractivity contribution >= 4 is 20.0 Å². The van der Waals surface area contributed by atoms with Crippen molar-refractivity contribution in [1.29, 1.82) is 0 Å². The molecule has 0 saturated carbocycles. The van der Waals surface area contributed by atoms with E-state index in [-0.39, 0.29) is 0 Å². The predicted molar refractivity (Wildman–Crippen MR) is 63.0 cm³/mol. The molecular weight excluding hydrogens is 399 g/mol. The van der Waals surface area contributed by atoms with E-state index in [4.69, 9.17) is 0 Å². The topological polar surface area (TPSA) is 91.6 Å². The van der Waals surface area contributed by atoms with Crippen LogP contribution in [0, 0.1) is 23.3 Å². The standard InChI is InChI=1S/C9H5F7NO5S2/c1-2-22-7-3(10)5(12)8(6(13)4(7)11)23(18,19)17-24(20,21)9(14,15)16/h2H2,1H3/q-1. The van der Waals surface area contributed by atoms with E-state index < -0.39 is 66.1 Å². The lowest BCUT2D eigenvalue weighted by Crippen LogP contribution is -2.25. The minimum absolute atomic E-state index is 0.508. The molecule has 0 aromatic heterocycles. The molecule has 0 radical (unpaired) electrons. The van der Waals surface area contributed by atoms with Gasteiger partial charge in [0.2, 0.25) is 11.6 Å². The first kappa shape index (κ1) is 20.4. The van der Waals surface area contributed by atoms with E-state index in [1.807, 2.05) is 0 Å². The Morgan fingerprint density at radius 1 is 0.917 bits per heavy atom. The molecule has 0 N–H and O–H groups in total. The number of halogens is 7. The fourth-order valence-corrected chi connectivity index (χ4v) is 3.60. The Bertz CT molecular complexity index is 834. The largest absolute Gasteiger partial charge is 0.488 e. The van der Waals surface area contributed by atoms with Gasteiger partial charge in [0.05, 0.1) is 6.61 Å². The van der Waals surface area contributed by atoms with Gasteiger partial charge in [-0.3, -0.25) is 0 Å². The number of benzene rings is 1. The monoisotopic (exact) mass is 404 g/mol. The average molecular weight is 404 g/mol. The molecule has 0 fully saturated rings. The van der Waals surface area contributed by atoms with Crippen molar-refractivity contribution in [2.24, 2.45) is 0 Å². The SMILES string of the molecule is CCOc1c(F)c(F)c(S(=O)(=O)[N-]S(=O)(=O)C(F)(F)F)c(F)c1F. The molecule has 0 atom stereocenters. The summed E-state index contributed by atoms with van der Waals surface area (Å²) in [6.45, 7) is 0.635. The fraction of sp³-hybridized carbons (Fsp3) is 0.333. The van der Waals surface area contributed by atoms with Crippen LogP contribution in [0.1, 0.15) is 6.92 Å². The van der Waals surface area contributed by atoms with Gasteiger partial charge in [-0.05, 0) is 6.92 Å². The Morgan fingerprint density at radius 2 is 1.33 bits per heavy atom. The number of alkyl halides is 3. The highest BCUT2D eigenvalue weighted by Gasteiger charge is 2.42. The van der Waals surface area contributed by atoms with Crippen LogP contribution in [0.5, 0.6) is 5.75 Å². The zero-order chi connectivity index (χ0) is 19.1. The Morgan fingerprint density at radius 3 is 1.67 bits per heavy atom. The van der Waals surface area contributed by atoms with Gasteiger partial charge in [0.25, 0.3) is 0 Å². The summed E-state index contributed by atoms with van der Waals surface area (Å²) < 4.78 is 140. The van der Waals surface area contributed by atoms with Crippen molar-refractivity contribution in [1.82, 2.24) is 0 Å². The van der Waals surface area contributed by atoms with E-state index >= 15 is 0 Å². The van der Waals surface area contributed by atoms with Crippen LogP contribution < -0.4 is 4.74 Å². The highest BCUT2D eigenvalue weighted by atomic mass is 32.3. The Hall–Kier alpha value is -1.61. The molecule has 24 heavy (non-hydrogen) atoms. The molecule has 0 aliphatic heterocycles. The summed E-state index contributed by atoms with van der Waals surface area (Å²) in [4.78, 5) is -2.64. The summed E-state index contributed by atoms with van der Waals surface area (Å²) in [5.74, 6) is -11.9. The van der Waals surface area contributed by atoms with Crippen LogP contribution >= 0.6 is 0 Å². The Kier molecular flexibility index (Phi) is 5.42. The van der Waals surface area contributed by atoms with Crippen LogP contribution in [0.2, 0.25) is 0 Å². The molecule has 6 nitrogen and oxygen atoms in total. The molecule has 0 heterocycles. The lowest BCUT2D eigenvalue weighted by molar-refractivity contribution is -0.0425. The maximum atomic E-state index is 13.6. The third kappa shape index (κ3) is 3.56. The fourth-order valence-electron chi connectivity index (χ4n) is 1.30. The molecule has 0 saturated heterocycles. The minimum atomic E-state index is -6.76. The van der Waals surface area contributed by atoms with Gasteiger partial charge in [-0.15, -0.1) is 0 Å². The predicted octanol–water partition coefficient (Wildman–Crippen LogP) is 2.55. The van der Waals surface area contributed by atoms with Crippen LogP contribution in [0.15, 0.2) is 4.90 Å². The second-order valence-corrected chi connectivity index (χ2v) is 7.19. The summed E-state index contributed by atoms with van der Waals surface area (Å²) in [6.07, 6.45) is 0. The van der Waals surface area contributed by atoms with Crippen LogP contribution in [-0.4, -0.2) is 29.0 Å².